The third-order valence-corrected chi connectivity index (χ3v) is 4.20. The van der Waals surface area contributed by atoms with Gasteiger partial charge in [-0.15, -0.1) is 0 Å². The number of amides is 1. The fourth-order valence-electron chi connectivity index (χ4n) is 3.03. The van der Waals surface area contributed by atoms with E-state index in [4.69, 9.17) is 17.0 Å². The number of aliphatic hydroxyl groups excluding tert-OH is 1. The highest BCUT2D eigenvalue weighted by Gasteiger charge is 2.50. The number of carbonyl (C=O) groups excluding carboxylic acids is 1. The largest absolute Gasteiger partial charge is 0.394 e. The van der Waals surface area contributed by atoms with E-state index in [1.807, 2.05) is 32.9 Å². The van der Waals surface area contributed by atoms with Crippen LogP contribution in [-0.2, 0) is 9.53 Å². The van der Waals surface area contributed by atoms with E-state index in [2.05, 4.69) is 0 Å². The Labute approximate surface area is 125 Å². The number of thiocarbonyl (C=S) groups is 1. The van der Waals surface area contributed by atoms with E-state index < -0.39 is 11.8 Å². The summed E-state index contributed by atoms with van der Waals surface area (Å²) in [4.78, 5) is 14.3. The van der Waals surface area contributed by atoms with Gasteiger partial charge in [0.1, 0.15) is 11.8 Å². The van der Waals surface area contributed by atoms with Crippen LogP contribution in [0.25, 0.3) is 0 Å². The Morgan fingerprint density at radius 3 is 2.70 bits per heavy atom. The van der Waals surface area contributed by atoms with Gasteiger partial charge in [0, 0.05) is 18.2 Å². The van der Waals surface area contributed by atoms with Crippen LogP contribution in [0.15, 0.2) is 23.3 Å². The lowest BCUT2D eigenvalue weighted by Crippen LogP contribution is -2.49. The molecule has 1 aliphatic carbocycles. The predicted octanol–water partition coefficient (Wildman–Crippen LogP) is 1.98. The van der Waals surface area contributed by atoms with Crippen molar-refractivity contribution in [2.45, 2.75) is 52.0 Å². The molecule has 1 N–H and O–H groups in total. The molecule has 0 bridgehead atoms. The lowest BCUT2D eigenvalue weighted by Gasteiger charge is -2.32. The summed E-state index contributed by atoms with van der Waals surface area (Å²) < 4.78 is 6.03. The summed E-state index contributed by atoms with van der Waals surface area (Å²) in [6.07, 6.45) is 4.34. The number of aliphatic hydroxyl groups is 1. The van der Waals surface area contributed by atoms with Gasteiger partial charge in [0.2, 0.25) is 5.91 Å². The smallest absolute Gasteiger partial charge is 0.222 e. The van der Waals surface area contributed by atoms with Crippen molar-refractivity contribution in [1.29, 1.82) is 0 Å². The zero-order valence-electron chi connectivity index (χ0n) is 12.3. The molecular weight excluding hydrogens is 274 g/mol. The molecule has 2 aliphatic rings. The molecule has 0 radical (unpaired) electrons. The van der Waals surface area contributed by atoms with Crippen molar-refractivity contribution < 1.29 is 14.6 Å². The first-order valence-electron chi connectivity index (χ1n) is 6.77. The fourth-order valence-corrected chi connectivity index (χ4v) is 3.45. The number of hydrogen-bond donors (Lipinski definition) is 1. The second kappa shape index (κ2) is 5.39. The fraction of sp³-hybridized carbons (Fsp3) is 0.600. The first-order chi connectivity index (χ1) is 9.27. The minimum Gasteiger partial charge on any atom is -0.394 e. The molecule has 2 atom stereocenters. The third kappa shape index (κ3) is 2.57. The van der Waals surface area contributed by atoms with Crippen molar-refractivity contribution in [1.82, 2.24) is 4.90 Å². The minimum atomic E-state index is -0.740. The summed E-state index contributed by atoms with van der Waals surface area (Å²) in [5.74, 6) is -0.106. The number of allylic oxidation sites excluding steroid dienone is 3. The van der Waals surface area contributed by atoms with E-state index in [9.17, 15) is 9.90 Å². The van der Waals surface area contributed by atoms with Gasteiger partial charge in [-0.3, -0.25) is 4.79 Å². The van der Waals surface area contributed by atoms with Gasteiger partial charge in [0.05, 0.1) is 12.6 Å². The molecule has 0 unspecified atom stereocenters. The molecule has 110 valence electrons. The zero-order valence-corrected chi connectivity index (χ0v) is 13.2. The number of nitrogens with zero attached hydrogens (tertiary/aromatic N) is 1. The number of ether oxygens (including phenoxy) is 1. The van der Waals surface area contributed by atoms with Crippen LogP contribution in [0.1, 0.15) is 34.1 Å². The van der Waals surface area contributed by atoms with Crippen LogP contribution >= 0.6 is 12.2 Å². The molecule has 0 aromatic carbocycles. The van der Waals surface area contributed by atoms with Gasteiger partial charge < -0.3 is 14.7 Å². The summed E-state index contributed by atoms with van der Waals surface area (Å²) >= 11 is 5.45. The Balaban J connectivity index is 2.38. The van der Waals surface area contributed by atoms with E-state index in [-0.39, 0.29) is 18.6 Å². The topological polar surface area (TPSA) is 49.8 Å². The molecule has 0 saturated carbocycles. The van der Waals surface area contributed by atoms with E-state index in [1.54, 1.807) is 4.90 Å². The van der Waals surface area contributed by atoms with Crippen LogP contribution in [0.3, 0.4) is 0 Å². The molecule has 0 aromatic heterocycles. The molecule has 1 saturated heterocycles. The highest BCUT2D eigenvalue weighted by Crippen LogP contribution is 2.37. The second-order valence-electron chi connectivity index (χ2n) is 5.86. The first-order valence-corrected chi connectivity index (χ1v) is 7.18. The molecule has 2 rings (SSSR count). The summed E-state index contributed by atoms with van der Waals surface area (Å²) in [6, 6.07) is -0.390. The van der Waals surface area contributed by atoms with Crippen molar-refractivity contribution in [2.75, 3.05) is 6.61 Å². The summed E-state index contributed by atoms with van der Waals surface area (Å²) in [7, 11) is 0. The van der Waals surface area contributed by atoms with Crippen molar-refractivity contribution in [3.8, 4) is 0 Å². The standard InChI is InChI=1S/C15H21NO3S/c1-9-5-6-11(13(20)7-9)14-12(8-17)16(10(2)18)15(3,4)19-14/h5-6,12,14,17H,7-8H2,1-4H3/t12-,14+/m1/s1. The van der Waals surface area contributed by atoms with Crippen molar-refractivity contribution >= 4 is 23.0 Å². The number of rotatable bonds is 2. The maximum absolute atomic E-state index is 11.9. The molecule has 0 spiro atoms. The molecule has 5 heteroatoms. The van der Waals surface area contributed by atoms with Crippen LogP contribution in [0, 0.1) is 0 Å². The van der Waals surface area contributed by atoms with Gasteiger partial charge in [0.25, 0.3) is 0 Å². The quantitative estimate of drug-likeness (QED) is 0.791. The van der Waals surface area contributed by atoms with Gasteiger partial charge in [-0.25, -0.2) is 0 Å². The van der Waals surface area contributed by atoms with Gasteiger partial charge in [-0.05, 0) is 26.3 Å². The number of carbonyl (C=O) groups is 1. The molecule has 1 fully saturated rings. The van der Waals surface area contributed by atoms with Crippen molar-refractivity contribution in [2.24, 2.45) is 0 Å². The minimum absolute atomic E-state index is 0.106. The van der Waals surface area contributed by atoms with Crippen LogP contribution in [0.4, 0.5) is 0 Å². The van der Waals surface area contributed by atoms with Crippen LogP contribution < -0.4 is 0 Å². The SMILES string of the molecule is CC(=O)N1[C@H](CO)[C@H](C2=CC=C(C)CC2=S)OC1(C)C. The number of hydrogen-bond acceptors (Lipinski definition) is 4. The predicted molar refractivity (Wildman–Crippen MR) is 81.4 cm³/mol. The molecule has 1 aliphatic heterocycles. The Bertz CT molecular complexity index is 507. The Morgan fingerprint density at radius 1 is 1.55 bits per heavy atom. The maximum Gasteiger partial charge on any atom is 0.222 e. The van der Waals surface area contributed by atoms with Crippen LogP contribution in [0.2, 0.25) is 0 Å². The summed E-state index contributed by atoms with van der Waals surface area (Å²) in [6.45, 7) is 7.06. The van der Waals surface area contributed by atoms with Crippen LogP contribution in [0.5, 0.6) is 0 Å². The maximum atomic E-state index is 11.9. The summed E-state index contributed by atoms with van der Waals surface area (Å²) in [5, 5.41) is 9.70. The molecule has 1 heterocycles. The normalized spacial score (nSPS) is 29.2. The zero-order chi connectivity index (χ0) is 15.1. The van der Waals surface area contributed by atoms with Gasteiger partial charge in [-0.2, -0.15) is 0 Å². The molecule has 1 amide bonds. The molecule has 4 nitrogen and oxygen atoms in total. The van der Waals surface area contributed by atoms with E-state index in [0.29, 0.717) is 0 Å². The van der Waals surface area contributed by atoms with E-state index in [1.165, 1.54) is 12.5 Å². The third-order valence-electron chi connectivity index (χ3n) is 3.82. The monoisotopic (exact) mass is 295 g/mol. The van der Waals surface area contributed by atoms with Gasteiger partial charge >= 0.3 is 0 Å². The highest BCUT2D eigenvalue weighted by molar-refractivity contribution is 7.80. The first kappa shape index (κ1) is 15.4. The van der Waals surface area contributed by atoms with Gasteiger partial charge in [-0.1, -0.05) is 29.9 Å². The molecule has 0 aromatic rings. The van der Waals surface area contributed by atoms with Crippen molar-refractivity contribution in [3.05, 3.63) is 23.3 Å². The lowest BCUT2D eigenvalue weighted by molar-refractivity contribution is -0.145. The van der Waals surface area contributed by atoms with Crippen LogP contribution in [-0.4, -0.2) is 45.3 Å². The van der Waals surface area contributed by atoms with E-state index >= 15 is 0 Å². The van der Waals surface area contributed by atoms with E-state index in [0.717, 1.165) is 16.9 Å². The Kier molecular flexibility index (Phi) is 4.14. The summed E-state index contributed by atoms with van der Waals surface area (Å²) in [5.41, 5.74) is 1.37. The lowest BCUT2D eigenvalue weighted by atomic mass is 9.92. The van der Waals surface area contributed by atoms with Crippen molar-refractivity contribution in [3.63, 3.8) is 0 Å². The average molecular weight is 295 g/mol. The molecular formula is C15H21NO3S. The Hall–Kier alpha value is -1.04. The molecule has 20 heavy (non-hydrogen) atoms. The average Bonchev–Trinajstić information content (AvgIpc) is 2.59. The van der Waals surface area contributed by atoms with Gasteiger partial charge in [0.15, 0.2) is 0 Å². The highest BCUT2D eigenvalue weighted by atomic mass is 32.1. The Morgan fingerprint density at radius 2 is 2.20 bits per heavy atom. The second-order valence-corrected chi connectivity index (χ2v) is 6.35.